The highest BCUT2D eigenvalue weighted by Gasteiger charge is 2.35. The van der Waals surface area contributed by atoms with Crippen LogP contribution in [0, 0.1) is 35.0 Å². The normalized spacial score (nSPS) is 13.6. The highest BCUT2D eigenvalue weighted by Crippen LogP contribution is 2.31. The van der Waals surface area contributed by atoms with Gasteiger partial charge in [-0.15, -0.1) is 9.89 Å². The summed E-state index contributed by atoms with van der Waals surface area (Å²) in [7, 11) is -9.56. The molecule has 52 heavy (non-hydrogen) atoms. The van der Waals surface area contributed by atoms with Gasteiger partial charge < -0.3 is 15.0 Å². The molecular weight excluding hydrogens is 711 g/mol. The number of benzene rings is 3. The van der Waals surface area contributed by atoms with Gasteiger partial charge in [-0.1, -0.05) is 20.8 Å². The number of fused-ring (bicyclic) bond motifs is 1. The molecule has 0 saturated carbocycles. The quantitative estimate of drug-likeness (QED) is 0.118. The Bertz CT molecular complexity index is 2300. The predicted molar refractivity (Wildman–Crippen MR) is 193 cm³/mol. The van der Waals surface area contributed by atoms with Crippen LogP contribution in [0.4, 0.5) is 17.1 Å². The molecule has 0 saturated heterocycles. The molecule has 0 spiro atoms. The van der Waals surface area contributed by atoms with E-state index in [-0.39, 0.29) is 17.9 Å². The number of hydrogen-bond acceptors (Lipinski definition) is 13. The van der Waals surface area contributed by atoms with E-state index < -0.39 is 30.0 Å². The Morgan fingerprint density at radius 2 is 1.54 bits per heavy atom. The van der Waals surface area contributed by atoms with E-state index in [0.29, 0.717) is 72.0 Å². The first-order valence-electron chi connectivity index (χ1n) is 15.8. The van der Waals surface area contributed by atoms with Gasteiger partial charge in [0.25, 0.3) is 20.2 Å². The molecule has 0 radical (unpaired) electrons. The largest absolute Gasteiger partial charge is 0.473 e. The molecule has 270 valence electrons. The van der Waals surface area contributed by atoms with Crippen LogP contribution in [-0.4, -0.2) is 72.1 Å². The zero-order valence-electron chi connectivity index (χ0n) is 28.6. The summed E-state index contributed by atoms with van der Waals surface area (Å²) in [5, 5.41) is 30.5. The number of rotatable bonds is 13. The van der Waals surface area contributed by atoms with E-state index in [9.17, 15) is 25.9 Å². The van der Waals surface area contributed by atoms with Crippen molar-refractivity contribution in [1.82, 2.24) is 14.9 Å². The van der Waals surface area contributed by atoms with Gasteiger partial charge in [-0.3, -0.25) is 9.11 Å². The van der Waals surface area contributed by atoms with Gasteiger partial charge in [-0.05, 0) is 61.0 Å². The monoisotopic (exact) mass is 745 g/mol. The summed E-state index contributed by atoms with van der Waals surface area (Å²) in [5.41, 5.74) is 4.69. The van der Waals surface area contributed by atoms with Crippen molar-refractivity contribution in [1.29, 1.82) is 10.5 Å². The van der Waals surface area contributed by atoms with Crippen molar-refractivity contribution < 1.29 is 30.7 Å². The Morgan fingerprint density at radius 1 is 0.923 bits per heavy atom. The molecule has 0 aliphatic carbocycles. The third kappa shape index (κ3) is 8.79. The van der Waals surface area contributed by atoms with Crippen molar-refractivity contribution in [2.24, 2.45) is 15.5 Å². The van der Waals surface area contributed by atoms with Gasteiger partial charge in [0, 0.05) is 47.6 Å². The van der Waals surface area contributed by atoms with Gasteiger partial charge >= 0.3 is 0 Å². The van der Waals surface area contributed by atoms with E-state index in [1.54, 1.807) is 24.3 Å². The molecule has 1 aromatic heterocycles. The van der Waals surface area contributed by atoms with E-state index >= 15 is 0 Å². The zero-order valence-corrected chi connectivity index (χ0v) is 30.3. The Kier molecular flexibility index (Phi) is 10.8. The first kappa shape index (κ1) is 37.6. The molecule has 16 nitrogen and oxygen atoms in total. The molecule has 4 aromatic rings. The third-order valence-corrected chi connectivity index (χ3v) is 9.47. The number of anilines is 2. The van der Waals surface area contributed by atoms with Crippen LogP contribution in [0.1, 0.15) is 45.0 Å². The molecule has 5 rings (SSSR count). The smallest absolute Gasteiger partial charge is 0.294 e. The minimum atomic E-state index is -4.78. The van der Waals surface area contributed by atoms with Gasteiger partial charge in [-0.2, -0.15) is 32.5 Å². The Hall–Kier alpha value is -5.66. The second-order valence-corrected chi connectivity index (χ2v) is 15.6. The van der Waals surface area contributed by atoms with Gasteiger partial charge in [0.1, 0.15) is 11.5 Å². The van der Waals surface area contributed by atoms with Crippen molar-refractivity contribution in [3.8, 4) is 29.3 Å². The number of ether oxygens (including phenoxy) is 1. The average Bonchev–Trinajstić information content (AvgIpc) is 3.64. The highest BCUT2D eigenvalue weighted by molar-refractivity contribution is 7.86. The lowest BCUT2D eigenvalue weighted by Crippen LogP contribution is -2.27. The second kappa shape index (κ2) is 14.9. The van der Waals surface area contributed by atoms with Crippen LogP contribution in [0.5, 0.6) is 5.75 Å². The number of aryl methyl sites for hydroxylation is 1. The van der Waals surface area contributed by atoms with E-state index in [2.05, 4.69) is 22.6 Å². The SMILES string of the molecule is Cc1cc(N(CCC#N)CCC#N)ccc1/N=C1/C(C(C)(C)C)=Nn2nc(-c3ccc(NCOc4cc(S(=O)(=O)O)cc(S(=O)(=O)O)c4)cc3)nc21. The molecule has 0 amide bonds. The molecule has 3 aromatic carbocycles. The first-order chi connectivity index (χ1) is 24.5. The van der Waals surface area contributed by atoms with Gasteiger partial charge in [0.15, 0.2) is 12.6 Å². The minimum Gasteiger partial charge on any atom is -0.473 e. The van der Waals surface area contributed by atoms with Crippen LogP contribution in [0.15, 0.2) is 80.5 Å². The number of nitrogens with one attached hydrogen (secondary N) is 1. The van der Waals surface area contributed by atoms with E-state index in [0.717, 1.165) is 23.4 Å². The summed E-state index contributed by atoms with van der Waals surface area (Å²) in [6, 6.07) is 19.6. The summed E-state index contributed by atoms with van der Waals surface area (Å²) < 4.78 is 70.5. The van der Waals surface area contributed by atoms with Crippen molar-refractivity contribution in [2.75, 3.05) is 30.0 Å². The summed E-state index contributed by atoms with van der Waals surface area (Å²) in [5.74, 6) is 0.648. The highest BCUT2D eigenvalue weighted by atomic mass is 32.2. The van der Waals surface area contributed by atoms with Gasteiger partial charge in [-0.25, -0.2) is 9.98 Å². The lowest BCUT2D eigenvalue weighted by molar-refractivity contribution is 0.344. The maximum absolute atomic E-state index is 11.6. The van der Waals surface area contributed by atoms with Crippen LogP contribution < -0.4 is 15.0 Å². The molecule has 3 N–H and O–H groups in total. The molecule has 0 bridgehead atoms. The maximum Gasteiger partial charge on any atom is 0.294 e. The lowest BCUT2D eigenvalue weighted by atomic mass is 9.87. The fourth-order valence-corrected chi connectivity index (χ4v) is 6.35. The van der Waals surface area contributed by atoms with Gasteiger partial charge in [0.2, 0.25) is 5.82 Å². The Balaban J connectivity index is 1.35. The molecule has 1 aliphatic heterocycles. The number of nitriles is 2. The van der Waals surface area contributed by atoms with Crippen molar-refractivity contribution in [3.05, 3.63) is 72.1 Å². The lowest BCUT2D eigenvalue weighted by Gasteiger charge is -2.23. The molecule has 2 heterocycles. The zero-order chi connectivity index (χ0) is 37.8. The molecule has 1 aliphatic rings. The Morgan fingerprint density at radius 3 is 2.08 bits per heavy atom. The molecular formula is C34H35N9O7S2. The molecule has 0 fully saturated rings. The van der Waals surface area contributed by atoms with Crippen molar-refractivity contribution in [2.45, 2.75) is 50.3 Å². The van der Waals surface area contributed by atoms with Crippen LogP contribution in [0.25, 0.3) is 11.4 Å². The fourth-order valence-electron chi connectivity index (χ4n) is 5.19. The molecule has 0 atom stereocenters. The standard InChI is InChI=1S/C34H35N9O7S2/c1-22-17-25(42(15-5-13-35)16-6-14-36)11-12-29(22)38-30-31(34(2,3)4)40-43-33(30)39-32(41-43)23-7-9-24(10-8-23)37-21-50-26-18-27(51(44,45)46)20-28(19-26)52(47,48)49/h7-12,17-20,37H,5-6,15-16,21H2,1-4H3,(H,44,45,46)(H,47,48,49)/b38-30-. The van der Waals surface area contributed by atoms with Crippen LogP contribution in [0.2, 0.25) is 0 Å². The average molecular weight is 746 g/mol. The topological polar surface area (TPSA) is 236 Å². The summed E-state index contributed by atoms with van der Waals surface area (Å²) in [6.07, 6.45) is 0.677. The number of hydrogen-bond donors (Lipinski definition) is 3. The molecule has 0 unspecified atom stereocenters. The van der Waals surface area contributed by atoms with Gasteiger partial charge in [0.05, 0.1) is 46.2 Å². The third-order valence-electron chi connectivity index (χ3n) is 7.80. The fraction of sp³-hybridized carbons (Fsp3) is 0.294. The van der Waals surface area contributed by atoms with Crippen molar-refractivity contribution in [3.63, 3.8) is 0 Å². The van der Waals surface area contributed by atoms with E-state index in [4.69, 9.17) is 30.3 Å². The van der Waals surface area contributed by atoms with Crippen LogP contribution >= 0.6 is 0 Å². The summed E-state index contributed by atoms with van der Waals surface area (Å²) in [6.45, 7) is 8.83. The summed E-state index contributed by atoms with van der Waals surface area (Å²) >= 11 is 0. The first-order valence-corrected chi connectivity index (χ1v) is 18.7. The predicted octanol–water partition coefficient (Wildman–Crippen LogP) is 5.21. The second-order valence-electron chi connectivity index (χ2n) is 12.7. The van der Waals surface area contributed by atoms with Crippen molar-refractivity contribution >= 4 is 48.7 Å². The van der Waals surface area contributed by atoms with E-state index in [1.165, 1.54) is 4.79 Å². The number of aromatic nitrogens is 3. The number of aliphatic imine (C=N–C) groups is 1. The minimum absolute atomic E-state index is 0.224. The van der Waals surface area contributed by atoms with E-state index in [1.807, 2.05) is 50.8 Å². The Labute approximate surface area is 301 Å². The summed E-state index contributed by atoms with van der Waals surface area (Å²) in [4.78, 5) is 11.8. The van der Waals surface area contributed by atoms with Crippen LogP contribution in [-0.2, 0) is 20.2 Å². The number of nitrogens with zero attached hydrogens (tertiary/aromatic N) is 8. The maximum atomic E-state index is 11.6. The molecule has 18 heteroatoms. The van der Waals surface area contributed by atoms with Crippen LogP contribution in [0.3, 0.4) is 0 Å².